The van der Waals surface area contributed by atoms with Gasteiger partial charge in [0.25, 0.3) is 0 Å². The van der Waals surface area contributed by atoms with Crippen molar-refractivity contribution >= 4 is 29.3 Å². The summed E-state index contributed by atoms with van der Waals surface area (Å²) >= 11 is 1.68. The van der Waals surface area contributed by atoms with Gasteiger partial charge in [-0.1, -0.05) is 36.4 Å². The third kappa shape index (κ3) is 3.18. The Morgan fingerprint density at radius 3 is 2.08 bits per heavy atom. The molecule has 2 aromatic carbocycles. The van der Waals surface area contributed by atoms with E-state index in [2.05, 4.69) is 38.1 Å². The van der Waals surface area contributed by atoms with Crippen LogP contribution < -0.4 is 4.90 Å². The summed E-state index contributed by atoms with van der Waals surface area (Å²) in [6.07, 6.45) is 2.72. The molecule has 26 heavy (non-hydrogen) atoms. The molecule has 2 fully saturated rings. The monoisotopic (exact) mass is 365 g/mol. The number of anilines is 1. The van der Waals surface area contributed by atoms with Crippen LogP contribution in [0.2, 0.25) is 0 Å². The van der Waals surface area contributed by atoms with Gasteiger partial charge in [0.2, 0.25) is 11.8 Å². The zero-order chi connectivity index (χ0) is 18.3. The maximum Gasteiger partial charge on any atom is 0.237 e. The number of carbonyl (C=O) groups excluding carboxylic acids is 2. The van der Waals surface area contributed by atoms with Crippen LogP contribution in [-0.4, -0.2) is 11.8 Å². The van der Waals surface area contributed by atoms with Crippen molar-refractivity contribution in [3.05, 3.63) is 54.1 Å². The van der Waals surface area contributed by atoms with Crippen LogP contribution in [0.25, 0.3) is 0 Å². The minimum absolute atomic E-state index is 0.00848. The van der Waals surface area contributed by atoms with Crippen molar-refractivity contribution in [2.45, 2.75) is 42.9 Å². The van der Waals surface area contributed by atoms with E-state index in [0.717, 1.165) is 24.2 Å². The minimum atomic E-state index is -0.118. The van der Waals surface area contributed by atoms with Crippen LogP contribution >= 0.6 is 11.8 Å². The zero-order valence-corrected chi connectivity index (χ0v) is 16.0. The Balaban J connectivity index is 1.52. The van der Waals surface area contributed by atoms with E-state index < -0.39 is 0 Å². The second-order valence-corrected chi connectivity index (χ2v) is 8.70. The summed E-state index contributed by atoms with van der Waals surface area (Å²) in [6, 6.07) is 16.2. The van der Waals surface area contributed by atoms with Gasteiger partial charge in [0.15, 0.2) is 0 Å². The second-order valence-electron chi connectivity index (χ2n) is 7.55. The summed E-state index contributed by atoms with van der Waals surface area (Å²) in [5.41, 5.74) is 1.95. The zero-order valence-electron chi connectivity index (χ0n) is 15.1. The summed E-state index contributed by atoms with van der Waals surface area (Å²) < 4.78 is 0. The maximum absolute atomic E-state index is 12.8. The van der Waals surface area contributed by atoms with Crippen LogP contribution in [0.4, 0.5) is 5.69 Å². The highest BCUT2D eigenvalue weighted by Gasteiger charge is 2.49. The number of rotatable bonds is 3. The summed E-state index contributed by atoms with van der Waals surface area (Å²) in [5.74, 6) is 0.283. The van der Waals surface area contributed by atoms with Crippen molar-refractivity contribution in [1.29, 1.82) is 0 Å². The van der Waals surface area contributed by atoms with Gasteiger partial charge in [0, 0.05) is 9.79 Å². The quantitative estimate of drug-likeness (QED) is 0.713. The molecule has 3 nitrogen and oxygen atoms in total. The first-order valence-corrected chi connectivity index (χ1v) is 10.1. The molecule has 0 aromatic heterocycles. The van der Waals surface area contributed by atoms with Gasteiger partial charge >= 0.3 is 0 Å². The first-order valence-electron chi connectivity index (χ1n) is 9.25. The smallest absolute Gasteiger partial charge is 0.237 e. The molecule has 4 heteroatoms. The van der Waals surface area contributed by atoms with E-state index in [1.165, 1.54) is 15.4 Å². The number of hydrogen-bond acceptors (Lipinski definition) is 3. The predicted octanol–water partition coefficient (Wildman–Crippen LogP) is 5.07. The molecule has 1 saturated heterocycles. The first kappa shape index (κ1) is 17.3. The normalized spacial score (nSPS) is 25.5. The summed E-state index contributed by atoms with van der Waals surface area (Å²) in [7, 11) is 0. The van der Waals surface area contributed by atoms with Crippen LogP contribution in [0, 0.1) is 24.7 Å². The highest BCUT2D eigenvalue weighted by molar-refractivity contribution is 7.99. The molecule has 0 bridgehead atoms. The molecule has 134 valence electrons. The molecule has 0 N–H and O–H groups in total. The Morgan fingerprint density at radius 2 is 1.42 bits per heavy atom. The molecule has 1 aliphatic carbocycles. The summed E-state index contributed by atoms with van der Waals surface area (Å²) in [6.45, 7) is 4.25. The van der Waals surface area contributed by atoms with Crippen molar-refractivity contribution in [3.63, 3.8) is 0 Å². The lowest BCUT2D eigenvalue weighted by molar-refractivity contribution is -0.122. The Kier molecular flexibility index (Phi) is 4.62. The van der Waals surface area contributed by atoms with Gasteiger partial charge in [0.1, 0.15) is 0 Å². The molecule has 0 spiro atoms. The molecule has 2 aliphatic rings. The number of benzene rings is 2. The highest BCUT2D eigenvalue weighted by Crippen LogP contribution is 2.42. The van der Waals surface area contributed by atoms with Crippen LogP contribution in [-0.2, 0) is 9.59 Å². The molecule has 3 atom stereocenters. The van der Waals surface area contributed by atoms with E-state index in [1.807, 2.05) is 24.3 Å². The molecule has 2 aromatic rings. The third-order valence-electron chi connectivity index (χ3n) is 5.54. The number of aryl methyl sites for hydroxylation is 1. The molecule has 4 rings (SSSR count). The SMILES string of the molecule is Cc1ccc(Sc2ccc(N3C(=O)C4CCC(C)CC4C3=O)cc2)cc1. The van der Waals surface area contributed by atoms with Gasteiger partial charge in [-0.25, -0.2) is 0 Å². The van der Waals surface area contributed by atoms with Gasteiger partial charge in [-0.15, -0.1) is 0 Å². The molecule has 1 heterocycles. The molecule has 1 saturated carbocycles. The standard InChI is InChI=1S/C22H23NO2S/c1-14-3-8-17(9-4-14)26-18-10-6-16(7-11-18)23-21(24)19-12-5-15(2)13-20(19)22(23)25/h3-4,6-11,15,19-20H,5,12-13H2,1-2H3. The van der Waals surface area contributed by atoms with E-state index in [9.17, 15) is 9.59 Å². The molecular weight excluding hydrogens is 342 g/mol. The van der Waals surface area contributed by atoms with Gasteiger partial charge in [-0.05, 0) is 68.5 Å². The Morgan fingerprint density at radius 1 is 0.846 bits per heavy atom. The van der Waals surface area contributed by atoms with E-state index >= 15 is 0 Å². The Bertz CT molecular complexity index is 828. The lowest BCUT2D eigenvalue weighted by Gasteiger charge is -2.25. The average Bonchev–Trinajstić information content (AvgIpc) is 2.88. The van der Waals surface area contributed by atoms with E-state index in [0.29, 0.717) is 11.6 Å². The van der Waals surface area contributed by atoms with Crippen molar-refractivity contribution in [2.75, 3.05) is 4.90 Å². The second kappa shape index (κ2) is 6.92. The van der Waals surface area contributed by atoms with E-state index in [1.54, 1.807) is 11.8 Å². The van der Waals surface area contributed by atoms with E-state index in [4.69, 9.17) is 0 Å². The number of hydrogen-bond donors (Lipinski definition) is 0. The van der Waals surface area contributed by atoms with Gasteiger partial charge in [0.05, 0.1) is 17.5 Å². The fraction of sp³-hybridized carbons (Fsp3) is 0.364. The third-order valence-corrected chi connectivity index (χ3v) is 6.55. The van der Waals surface area contributed by atoms with Gasteiger partial charge in [-0.2, -0.15) is 0 Å². The molecule has 2 amide bonds. The number of imide groups is 1. The number of nitrogens with zero attached hydrogens (tertiary/aromatic N) is 1. The molecule has 0 radical (unpaired) electrons. The molecular formula is C22H23NO2S. The van der Waals surface area contributed by atoms with Crippen molar-refractivity contribution in [1.82, 2.24) is 0 Å². The largest absolute Gasteiger partial charge is 0.274 e. The average molecular weight is 365 g/mol. The van der Waals surface area contributed by atoms with Crippen LogP contribution in [0.3, 0.4) is 0 Å². The Labute approximate surface area is 158 Å². The number of fused-ring (bicyclic) bond motifs is 1. The molecule has 1 aliphatic heterocycles. The maximum atomic E-state index is 12.8. The fourth-order valence-corrected chi connectivity index (χ4v) is 4.87. The number of carbonyl (C=O) groups is 2. The van der Waals surface area contributed by atoms with Crippen molar-refractivity contribution < 1.29 is 9.59 Å². The minimum Gasteiger partial charge on any atom is -0.274 e. The lowest BCUT2D eigenvalue weighted by atomic mass is 9.76. The summed E-state index contributed by atoms with van der Waals surface area (Å²) in [4.78, 5) is 29.3. The van der Waals surface area contributed by atoms with Crippen LogP contribution in [0.5, 0.6) is 0 Å². The Hall–Kier alpha value is -2.07. The topological polar surface area (TPSA) is 37.4 Å². The van der Waals surface area contributed by atoms with Crippen molar-refractivity contribution in [3.8, 4) is 0 Å². The van der Waals surface area contributed by atoms with Crippen LogP contribution in [0.15, 0.2) is 58.3 Å². The van der Waals surface area contributed by atoms with Gasteiger partial charge in [-0.3, -0.25) is 14.5 Å². The molecule has 3 unspecified atom stereocenters. The highest BCUT2D eigenvalue weighted by atomic mass is 32.2. The fourth-order valence-electron chi connectivity index (χ4n) is 4.05. The van der Waals surface area contributed by atoms with Crippen LogP contribution in [0.1, 0.15) is 31.7 Å². The van der Waals surface area contributed by atoms with Gasteiger partial charge < -0.3 is 0 Å². The lowest BCUT2D eigenvalue weighted by Crippen LogP contribution is -2.30. The number of amides is 2. The first-order chi connectivity index (χ1) is 12.5. The van der Waals surface area contributed by atoms with E-state index in [-0.39, 0.29) is 23.7 Å². The summed E-state index contributed by atoms with van der Waals surface area (Å²) in [5, 5.41) is 0. The van der Waals surface area contributed by atoms with Crippen molar-refractivity contribution in [2.24, 2.45) is 17.8 Å². The predicted molar refractivity (Wildman–Crippen MR) is 104 cm³/mol.